The minimum atomic E-state index is -0.708. The van der Waals surface area contributed by atoms with Gasteiger partial charge in [-0.1, -0.05) is 6.07 Å². The molecule has 0 radical (unpaired) electrons. The second-order valence-corrected chi connectivity index (χ2v) is 7.55. The van der Waals surface area contributed by atoms with Crippen molar-refractivity contribution in [3.05, 3.63) is 76.6 Å². The summed E-state index contributed by atoms with van der Waals surface area (Å²) in [6.45, 7) is 3.15. The van der Waals surface area contributed by atoms with Crippen LogP contribution >= 0.6 is 0 Å². The number of allylic oxidation sites excluding steroid dienone is 1. The average Bonchev–Trinajstić information content (AvgIpc) is 3.11. The van der Waals surface area contributed by atoms with Gasteiger partial charge >= 0.3 is 0 Å². The molecule has 3 aromatic rings. The second-order valence-electron chi connectivity index (χ2n) is 7.55. The zero-order valence-corrected chi connectivity index (χ0v) is 18.6. The number of carbonyl (C=O) groups excluding carboxylic acids is 1. The predicted molar refractivity (Wildman–Crippen MR) is 123 cm³/mol. The van der Waals surface area contributed by atoms with E-state index in [1.165, 1.54) is 25.0 Å². The lowest BCUT2D eigenvalue weighted by molar-refractivity contribution is -0.113. The number of aromatic nitrogens is 3. The van der Waals surface area contributed by atoms with Crippen molar-refractivity contribution in [2.45, 2.75) is 20.3 Å². The third-order valence-corrected chi connectivity index (χ3v) is 4.72. The molecule has 0 bridgehead atoms. The van der Waals surface area contributed by atoms with Crippen LogP contribution in [-0.2, 0) is 16.0 Å². The number of hydrogen-bond acceptors (Lipinski definition) is 5. The first-order valence-electron chi connectivity index (χ1n) is 9.88. The summed E-state index contributed by atoms with van der Waals surface area (Å²) in [5.41, 5.74) is 2.94. The van der Waals surface area contributed by atoms with Crippen LogP contribution in [0.25, 0.3) is 11.0 Å². The summed E-state index contributed by atoms with van der Waals surface area (Å²) in [7, 11) is 4.68. The summed E-state index contributed by atoms with van der Waals surface area (Å²) in [6.07, 6.45) is 4.91. The highest BCUT2D eigenvalue weighted by Crippen LogP contribution is 2.23. The van der Waals surface area contributed by atoms with Gasteiger partial charge in [0.1, 0.15) is 17.0 Å². The molecule has 0 fully saturated rings. The van der Waals surface area contributed by atoms with E-state index in [9.17, 15) is 13.6 Å². The van der Waals surface area contributed by atoms with Crippen molar-refractivity contribution >= 4 is 22.8 Å². The first-order chi connectivity index (χ1) is 15.2. The Balaban J connectivity index is 0.00000289. The van der Waals surface area contributed by atoms with Gasteiger partial charge in [0.15, 0.2) is 0 Å². The number of pyridine rings is 2. The van der Waals surface area contributed by atoms with Crippen molar-refractivity contribution in [2.24, 2.45) is 0 Å². The molecule has 0 aliphatic carbocycles. The van der Waals surface area contributed by atoms with Gasteiger partial charge in [0.2, 0.25) is 11.8 Å². The number of amides is 1. The number of anilines is 1. The molecule has 1 amide bonds. The van der Waals surface area contributed by atoms with Gasteiger partial charge in [0, 0.05) is 46.7 Å². The number of methoxy groups -OCH3 is 1. The van der Waals surface area contributed by atoms with Gasteiger partial charge in [-0.05, 0) is 43.2 Å². The van der Waals surface area contributed by atoms with E-state index < -0.39 is 17.7 Å². The third kappa shape index (κ3) is 5.11. The van der Waals surface area contributed by atoms with Gasteiger partial charge in [-0.2, -0.15) is 4.39 Å². The van der Waals surface area contributed by atoms with Crippen LogP contribution in [0.3, 0.4) is 0 Å². The van der Waals surface area contributed by atoms with Crippen molar-refractivity contribution in [2.75, 3.05) is 26.5 Å². The highest BCUT2D eigenvalue weighted by Gasteiger charge is 2.18. The standard InChI is InChI=1S/C23H25F2N5O2.2H2/c1-13-8-17-16(12-27-21(17)26-11-13)10-15-6-7-19(28-20(15)25)29-22(31)18(9-14(2)24)23(32-5)30(3)4;;/h6-9,11-12H,10H2,1-5H3,(H,26,27)(H,28,29,31);2*1H/b14-9+,23-18-;;. The van der Waals surface area contributed by atoms with Gasteiger partial charge in [0.25, 0.3) is 5.91 Å². The first-order valence-corrected chi connectivity index (χ1v) is 9.88. The number of carbonyl (C=O) groups is 1. The Hall–Kier alpha value is -3.75. The quantitative estimate of drug-likeness (QED) is 0.238. The van der Waals surface area contributed by atoms with Crippen molar-refractivity contribution in [1.82, 2.24) is 19.9 Å². The zero-order chi connectivity index (χ0) is 23.4. The van der Waals surface area contributed by atoms with E-state index in [1.807, 2.05) is 13.0 Å². The molecule has 0 spiro atoms. The number of aromatic amines is 1. The first kappa shape index (κ1) is 22.9. The predicted octanol–water partition coefficient (Wildman–Crippen LogP) is 4.72. The molecule has 172 valence electrons. The number of halogens is 2. The van der Waals surface area contributed by atoms with Gasteiger partial charge < -0.3 is 19.9 Å². The lowest BCUT2D eigenvalue weighted by atomic mass is 10.1. The topological polar surface area (TPSA) is 83.1 Å². The van der Waals surface area contributed by atoms with Crippen LogP contribution in [-0.4, -0.2) is 47.0 Å². The molecule has 0 aromatic carbocycles. The lowest BCUT2D eigenvalue weighted by Gasteiger charge is -2.18. The van der Waals surface area contributed by atoms with Gasteiger partial charge in [-0.15, -0.1) is 0 Å². The molecule has 0 atom stereocenters. The van der Waals surface area contributed by atoms with E-state index in [0.29, 0.717) is 12.0 Å². The molecule has 7 nitrogen and oxygen atoms in total. The fourth-order valence-electron chi connectivity index (χ4n) is 3.32. The SMILES string of the molecule is CO/C(=C(/C=C(\C)F)C(=O)Nc1ccc(Cc2c[nH]c3ncc(C)cc23)c(F)n1)N(C)C.[HH].[HH]. The van der Waals surface area contributed by atoms with E-state index in [-0.39, 0.29) is 20.1 Å². The Morgan fingerprint density at radius 1 is 1.34 bits per heavy atom. The van der Waals surface area contributed by atoms with E-state index >= 15 is 0 Å². The molecule has 2 N–H and O–H groups in total. The third-order valence-electron chi connectivity index (χ3n) is 4.72. The Bertz CT molecular complexity index is 1220. The average molecular weight is 446 g/mol. The van der Waals surface area contributed by atoms with E-state index in [1.54, 1.807) is 32.6 Å². The van der Waals surface area contributed by atoms with Crippen molar-refractivity contribution in [1.29, 1.82) is 0 Å². The molecule has 0 aliphatic rings. The number of nitrogens with zero attached hydrogens (tertiary/aromatic N) is 3. The molecule has 0 saturated carbocycles. The number of rotatable bonds is 7. The Morgan fingerprint density at radius 2 is 2.09 bits per heavy atom. The number of fused-ring (bicyclic) bond motifs is 1. The number of hydrogen-bond donors (Lipinski definition) is 2. The van der Waals surface area contributed by atoms with Crippen LogP contribution in [0.4, 0.5) is 14.6 Å². The summed E-state index contributed by atoms with van der Waals surface area (Å²) in [5, 5.41) is 3.42. The normalized spacial score (nSPS) is 12.5. The van der Waals surface area contributed by atoms with Crippen LogP contribution in [0, 0.1) is 12.9 Å². The van der Waals surface area contributed by atoms with Crippen molar-refractivity contribution < 1.29 is 21.2 Å². The van der Waals surface area contributed by atoms with E-state index in [0.717, 1.165) is 28.2 Å². The van der Waals surface area contributed by atoms with Gasteiger partial charge in [-0.3, -0.25) is 4.79 Å². The van der Waals surface area contributed by atoms with Crippen LogP contribution in [0.1, 0.15) is 26.5 Å². The number of aryl methyl sites for hydroxylation is 1. The number of ether oxygens (including phenoxy) is 1. The zero-order valence-electron chi connectivity index (χ0n) is 18.6. The molecule has 3 aromatic heterocycles. The molecular weight excluding hydrogens is 416 g/mol. The maximum atomic E-state index is 14.7. The fraction of sp³-hybridized carbons (Fsp3) is 0.261. The highest BCUT2D eigenvalue weighted by atomic mass is 19.1. The largest absolute Gasteiger partial charge is 0.482 e. The maximum absolute atomic E-state index is 14.7. The van der Waals surface area contributed by atoms with Crippen molar-refractivity contribution in [3.63, 3.8) is 0 Å². The molecule has 0 unspecified atom stereocenters. The van der Waals surface area contributed by atoms with Crippen LogP contribution in [0.2, 0.25) is 0 Å². The summed E-state index contributed by atoms with van der Waals surface area (Å²) in [6, 6.07) is 5.05. The molecule has 32 heavy (non-hydrogen) atoms. The summed E-state index contributed by atoms with van der Waals surface area (Å²) < 4.78 is 33.5. The summed E-state index contributed by atoms with van der Waals surface area (Å²) in [4.78, 5) is 25.5. The Morgan fingerprint density at radius 3 is 2.72 bits per heavy atom. The molecule has 0 aliphatic heterocycles. The smallest absolute Gasteiger partial charge is 0.262 e. The fourth-order valence-corrected chi connectivity index (χ4v) is 3.32. The van der Waals surface area contributed by atoms with E-state index in [4.69, 9.17) is 4.74 Å². The molecule has 3 rings (SSSR count). The number of nitrogens with one attached hydrogen (secondary N) is 2. The Labute approximate surface area is 187 Å². The number of H-pyrrole nitrogens is 1. The minimum Gasteiger partial charge on any atom is -0.482 e. The van der Waals surface area contributed by atoms with Crippen LogP contribution in [0.5, 0.6) is 0 Å². The second kappa shape index (κ2) is 9.59. The van der Waals surface area contributed by atoms with Gasteiger partial charge in [0.05, 0.1) is 12.9 Å². The molecule has 9 heteroatoms. The van der Waals surface area contributed by atoms with Crippen molar-refractivity contribution in [3.8, 4) is 0 Å². The summed E-state index contributed by atoms with van der Waals surface area (Å²) in [5.74, 6) is -1.81. The molecule has 0 saturated heterocycles. The lowest BCUT2D eigenvalue weighted by Crippen LogP contribution is -2.23. The van der Waals surface area contributed by atoms with Crippen LogP contribution in [0.15, 0.2) is 54.0 Å². The minimum absolute atomic E-state index is 0. The monoisotopic (exact) mass is 445 g/mol. The van der Waals surface area contributed by atoms with Gasteiger partial charge in [-0.25, -0.2) is 14.4 Å². The summed E-state index contributed by atoms with van der Waals surface area (Å²) >= 11 is 0. The molecule has 3 heterocycles. The Kier molecular flexibility index (Phi) is 6.87. The van der Waals surface area contributed by atoms with E-state index in [2.05, 4.69) is 20.3 Å². The van der Waals surface area contributed by atoms with Crippen LogP contribution < -0.4 is 5.32 Å². The maximum Gasteiger partial charge on any atom is 0.262 e. The molecular formula is C23H29F2N5O2. The highest BCUT2D eigenvalue weighted by molar-refractivity contribution is 6.05.